The number of rotatable bonds is 6. The molecule has 1 N–H and O–H groups in total. The molecule has 0 aliphatic carbocycles. The predicted octanol–water partition coefficient (Wildman–Crippen LogP) is 2.38. The lowest BCUT2D eigenvalue weighted by Crippen LogP contribution is -2.43. The van der Waals surface area contributed by atoms with Crippen LogP contribution < -0.4 is 5.32 Å². The Bertz CT molecular complexity index is 728. The Kier molecular flexibility index (Phi) is 5.98. The number of esters is 1. The standard InChI is InChI=1S/C17H20ClN3O3/c1-4-21-15(14(18)11(2)20-21)16(22)19-13(17(23)24-3)10-12-8-6-5-7-9-12/h5-9,13H,4,10H2,1-3H3,(H,19,22). The largest absolute Gasteiger partial charge is 0.467 e. The molecule has 128 valence electrons. The van der Waals surface area contributed by atoms with Gasteiger partial charge in [-0.15, -0.1) is 0 Å². The number of benzene rings is 1. The normalized spacial score (nSPS) is 11.8. The molecule has 1 heterocycles. The van der Waals surface area contributed by atoms with Crippen LogP contribution in [0.4, 0.5) is 0 Å². The molecule has 2 aromatic rings. The van der Waals surface area contributed by atoms with Crippen LogP contribution in [-0.4, -0.2) is 34.8 Å². The van der Waals surface area contributed by atoms with Crippen LogP contribution in [0.5, 0.6) is 0 Å². The zero-order chi connectivity index (χ0) is 17.7. The third-order valence-corrected chi connectivity index (χ3v) is 4.10. The number of carbonyl (C=O) groups is 2. The second kappa shape index (κ2) is 7.97. The average Bonchev–Trinajstić information content (AvgIpc) is 2.89. The van der Waals surface area contributed by atoms with Gasteiger partial charge in [0.2, 0.25) is 0 Å². The molecule has 1 aromatic carbocycles. The second-order valence-electron chi connectivity index (χ2n) is 5.30. The van der Waals surface area contributed by atoms with E-state index in [2.05, 4.69) is 10.4 Å². The number of hydrogen-bond donors (Lipinski definition) is 1. The molecule has 1 atom stereocenters. The molecule has 0 aliphatic rings. The smallest absolute Gasteiger partial charge is 0.328 e. The van der Waals surface area contributed by atoms with E-state index >= 15 is 0 Å². The van der Waals surface area contributed by atoms with E-state index in [4.69, 9.17) is 16.3 Å². The van der Waals surface area contributed by atoms with Crippen molar-refractivity contribution in [2.45, 2.75) is 32.9 Å². The third-order valence-electron chi connectivity index (χ3n) is 3.64. The minimum absolute atomic E-state index is 0.249. The van der Waals surface area contributed by atoms with E-state index in [-0.39, 0.29) is 10.7 Å². The molecule has 0 fully saturated rings. The number of halogens is 1. The number of hydrogen-bond acceptors (Lipinski definition) is 4. The summed E-state index contributed by atoms with van der Waals surface area (Å²) in [5.41, 5.74) is 1.74. The molecule has 0 saturated carbocycles. The fourth-order valence-electron chi connectivity index (χ4n) is 2.42. The van der Waals surface area contributed by atoms with Gasteiger partial charge in [0.15, 0.2) is 0 Å². The first kappa shape index (κ1) is 18.0. The maximum atomic E-state index is 12.6. The molecule has 1 unspecified atom stereocenters. The van der Waals surface area contributed by atoms with Gasteiger partial charge in [-0.1, -0.05) is 41.9 Å². The zero-order valence-corrected chi connectivity index (χ0v) is 14.6. The van der Waals surface area contributed by atoms with Crippen molar-refractivity contribution in [3.63, 3.8) is 0 Å². The number of methoxy groups -OCH3 is 1. The van der Waals surface area contributed by atoms with E-state index in [1.807, 2.05) is 37.3 Å². The number of carbonyl (C=O) groups excluding carboxylic acids is 2. The SMILES string of the molecule is CCn1nc(C)c(Cl)c1C(=O)NC(Cc1ccccc1)C(=O)OC. The van der Waals surface area contributed by atoms with Crippen molar-refractivity contribution in [1.29, 1.82) is 0 Å². The molecule has 6 nitrogen and oxygen atoms in total. The average molecular weight is 350 g/mol. The van der Waals surface area contributed by atoms with Crippen molar-refractivity contribution >= 4 is 23.5 Å². The van der Waals surface area contributed by atoms with E-state index in [9.17, 15) is 9.59 Å². The summed E-state index contributed by atoms with van der Waals surface area (Å²) in [6.07, 6.45) is 0.329. The molecule has 0 saturated heterocycles. The van der Waals surface area contributed by atoms with Gasteiger partial charge in [0.05, 0.1) is 17.8 Å². The summed E-state index contributed by atoms with van der Waals surface area (Å²) in [7, 11) is 1.29. The Morgan fingerprint density at radius 2 is 2.00 bits per heavy atom. The van der Waals surface area contributed by atoms with E-state index in [0.29, 0.717) is 18.7 Å². The zero-order valence-electron chi connectivity index (χ0n) is 13.9. The molecule has 24 heavy (non-hydrogen) atoms. The van der Waals surface area contributed by atoms with Gasteiger partial charge in [0.25, 0.3) is 5.91 Å². The summed E-state index contributed by atoms with van der Waals surface area (Å²) in [5, 5.41) is 7.21. The lowest BCUT2D eigenvalue weighted by Gasteiger charge is -2.17. The highest BCUT2D eigenvalue weighted by molar-refractivity contribution is 6.34. The molecule has 0 spiro atoms. The summed E-state index contributed by atoms with van der Waals surface area (Å²) < 4.78 is 6.32. The Hall–Kier alpha value is -2.34. The molecular weight excluding hydrogens is 330 g/mol. The van der Waals surface area contributed by atoms with Gasteiger partial charge in [0, 0.05) is 13.0 Å². The number of amides is 1. The summed E-state index contributed by atoms with van der Waals surface area (Å²) >= 11 is 6.18. The summed E-state index contributed by atoms with van der Waals surface area (Å²) in [5.74, 6) is -0.962. The van der Waals surface area contributed by atoms with E-state index < -0.39 is 17.9 Å². The minimum Gasteiger partial charge on any atom is -0.467 e. The van der Waals surface area contributed by atoms with Gasteiger partial charge in [-0.2, -0.15) is 5.10 Å². The summed E-state index contributed by atoms with van der Waals surface area (Å²) in [6, 6.07) is 8.60. The van der Waals surface area contributed by atoms with Gasteiger partial charge in [-0.3, -0.25) is 9.48 Å². The number of ether oxygens (including phenoxy) is 1. The first-order chi connectivity index (χ1) is 11.5. The van der Waals surface area contributed by atoms with Gasteiger partial charge in [-0.25, -0.2) is 4.79 Å². The van der Waals surface area contributed by atoms with Crippen LogP contribution in [0, 0.1) is 6.92 Å². The number of aromatic nitrogens is 2. The lowest BCUT2D eigenvalue weighted by atomic mass is 10.1. The fourth-order valence-corrected chi connectivity index (χ4v) is 2.64. The second-order valence-corrected chi connectivity index (χ2v) is 5.68. The van der Waals surface area contributed by atoms with Crippen LogP contribution in [0.2, 0.25) is 5.02 Å². The molecule has 1 aromatic heterocycles. The Labute approximate surface area is 145 Å². The van der Waals surface area contributed by atoms with E-state index in [1.165, 1.54) is 11.8 Å². The van der Waals surface area contributed by atoms with Crippen LogP contribution in [0.25, 0.3) is 0 Å². The van der Waals surface area contributed by atoms with Gasteiger partial charge < -0.3 is 10.1 Å². The summed E-state index contributed by atoms with van der Waals surface area (Å²) in [6.45, 7) is 4.09. The minimum atomic E-state index is -0.804. The molecule has 1 amide bonds. The molecule has 0 aliphatic heterocycles. The molecule has 7 heteroatoms. The lowest BCUT2D eigenvalue weighted by molar-refractivity contribution is -0.142. The highest BCUT2D eigenvalue weighted by Crippen LogP contribution is 2.20. The van der Waals surface area contributed by atoms with Crippen LogP contribution in [0.1, 0.15) is 28.7 Å². The van der Waals surface area contributed by atoms with Crippen molar-refractivity contribution in [3.05, 3.63) is 52.3 Å². The van der Waals surface area contributed by atoms with Crippen molar-refractivity contribution in [2.75, 3.05) is 7.11 Å². The Morgan fingerprint density at radius 3 is 2.58 bits per heavy atom. The van der Waals surface area contributed by atoms with E-state index in [1.54, 1.807) is 6.92 Å². The fraction of sp³-hybridized carbons (Fsp3) is 0.353. The van der Waals surface area contributed by atoms with Crippen LogP contribution >= 0.6 is 11.6 Å². The Morgan fingerprint density at radius 1 is 1.33 bits per heavy atom. The molecular formula is C17H20ClN3O3. The van der Waals surface area contributed by atoms with Gasteiger partial charge >= 0.3 is 5.97 Å². The third kappa shape index (κ3) is 3.94. The topological polar surface area (TPSA) is 73.2 Å². The number of aryl methyl sites for hydroxylation is 2. The number of nitrogens with one attached hydrogen (secondary N) is 1. The molecule has 0 bridgehead atoms. The highest BCUT2D eigenvalue weighted by Gasteiger charge is 2.26. The highest BCUT2D eigenvalue weighted by atomic mass is 35.5. The number of nitrogens with zero attached hydrogens (tertiary/aromatic N) is 2. The van der Waals surface area contributed by atoms with Gasteiger partial charge in [0.1, 0.15) is 11.7 Å². The molecule has 0 radical (unpaired) electrons. The maximum Gasteiger partial charge on any atom is 0.328 e. The van der Waals surface area contributed by atoms with Crippen LogP contribution in [-0.2, 0) is 22.5 Å². The molecule has 2 rings (SSSR count). The predicted molar refractivity (Wildman–Crippen MR) is 91.1 cm³/mol. The first-order valence-electron chi connectivity index (χ1n) is 7.63. The van der Waals surface area contributed by atoms with Crippen molar-refractivity contribution in [2.24, 2.45) is 0 Å². The van der Waals surface area contributed by atoms with Crippen molar-refractivity contribution in [3.8, 4) is 0 Å². The quantitative estimate of drug-likeness (QED) is 0.813. The van der Waals surface area contributed by atoms with Crippen molar-refractivity contribution in [1.82, 2.24) is 15.1 Å². The monoisotopic (exact) mass is 349 g/mol. The Balaban J connectivity index is 2.23. The van der Waals surface area contributed by atoms with Crippen LogP contribution in [0.15, 0.2) is 30.3 Å². The van der Waals surface area contributed by atoms with Crippen LogP contribution in [0.3, 0.4) is 0 Å². The van der Waals surface area contributed by atoms with Gasteiger partial charge in [-0.05, 0) is 19.4 Å². The first-order valence-corrected chi connectivity index (χ1v) is 8.01. The maximum absolute atomic E-state index is 12.6. The summed E-state index contributed by atoms with van der Waals surface area (Å²) in [4.78, 5) is 24.7. The van der Waals surface area contributed by atoms with Crippen molar-refractivity contribution < 1.29 is 14.3 Å². The van der Waals surface area contributed by atoms with E-state index in [0.717, 1.165) is 5.56 Å².